The van der Waals surface area contributed by atoms with Crippen molar-refractivity contribution < 1.29 is 19.1 Å². The number of imide groups is 1. The van der Waals surface area contributed by atoms with E-state index in [-0.39, 0.29) is 29.6 Å². The normalized spacial score (nSPS) is 28.0. The first-order chi connectivity index (χ1) is 15.1. The predicted molar refractivity (Wildman–Crippen MR) is 113 cm³/mol. The number of rotatable bonds is 4. The number of nitrogens with one attached hydrogen (secondary N) is 3. The largest absolute Gasteiger partial charge is 0.381 e. The SMILES string of the molecule is O=C1CCC(N2Cc3c(CNC4CNCCC45CCOCC5)cccc3C2=O)C(=O)N1. The minimum absolute atomic E-state index is 0.119. The van der Waals surface area contributed by atoms with Crippen molar-refractivity contribution in [2.24, 2.45) is 5.41 Å². The quantitative estimate of drug-likeness (QED) is 0.613. The molecule has 3 fully saturated rings. The van der Waals surface area contributed by atoms with Crippen molar-refractivity contribution in [2.75, 3.05) is 26.3 Å². The Morgan fingerprint density at radius 2 is 2.00 bits per heavy atom. The number of carbonyl (C=O) groups is 3. The lowest BCUT2D eigenvalue weighted by atomic mass is 9.69. The molecule has 0 saturated carbocycles. The molecule has 0 bridgehead atoms. The molecule has 3 amide bonds. The number of hydrogen-bond acceptors (Lipinski definition) is 6. The van der Waals surface area contributed by atoms with Crippen LogP contribution in [0, 0.1) is 5.41 Å². The van der Waals surface area contributed by atoms with Crippen molar-refractivity contribution in [1.29, 1.82) is 0 Å². The summed E-state index contributed by atoms with van der Waals surface area (Å²) >= 11 is 0. The zero-order valence-electron chi connectivity index (χ0n) is 17.7. The van der Waals surface area contributed by atoms with Crippen LogP contribution in [0.3, 0.4) is 0 Å². The third-order valence-corrected chi connectivity index (χ3v) is 7.59. The van der Waals surface area contributed by atoms with Crippen LogP contribution in [0.1, 0.15) is 53.6 Å². The van der Waals surface area contributed by atoms with Gasteiger partial charge in [0.2, 0.25) is 11.8 Å². The zero-order chi connectivity index (χ0) is 21.4. The van der Waals surface area contributed by atoms with Crippen LogP contribution >= 0.6 is 0 Å². The molecule has 31 heavy (non-hydrogen) atoms. The molecule has 4 aliphatic heterocycles. The molecule has 2 atom stereocenters. The molecule has 2 unspecified atom stereocenters. The molecule has 8 nitrogen and oxygen atoms in total. The fourth-order valence-electron chi connectivity index (χ4n) is 5.69. The highest BCUT2D eigenvalue weighted by molar-refractivity contribution is 6.05. The smallest absolute Gasteiger partial charge is 0.255 e. The van der Waals surface area contributed by atoms with Crippen molar-refractivity contribution in [2.45, 2.75) is 57.3 Å². The Morgan fingerprint density at radius 1 is 1.16 bits per heavy atom. The van der Waals surface area contributed by atoms with Crippen LogP contribution in [0.5, 0.6) is 0 Å². The number of carbonyl (C=O) groups excluding carboxylic acids is 3. The number of benzene rings is 1. The fourth-order valence-corrected chi connectivity index (χ4v) is 5.69. The second-order valence-electron chi connectivity index (χ2n) is 9.21. The monoisotopic (exact) mass is 426 g/mol. The van der Waals surface area contributed by atoms with E-state index in [1.165, 1.54) is 0 Å². The van der Waals surface area contributed by atoms with E-state index < -0.39 is 6.04 Å². The Morgan fingerprint density at radius 3 is 2.81 bits per heavy atom. The van der Waals surface area contributed by atoms with Crippen LogP contribution in [0.4, 0.5) is 0 Å². The van der Waals surface area contributed by atoms with Gasteiger partial charge in [-0.25, -0.2) is 0 Å². The first-order valence-corrected chi connectivity index (χ1v) is 11.3. The Balaban J connectivity index is 1.31. The summed E-state index contributed by atoms with van der Waals surface area (Å²) in [5, 5.41) is 9.67. The number of nitrogens with zero attached hydrogens (tertiary/aromatic N) is 1. The number of amides is 3. The lowest BCUT2D eigenvalue weighted by Gasteiger charge is -2.47. The molecule has 166 valence electrons. The van der Waals surface area contributed by atoms with Gasteiger partial charge in [-0.15, -0.1) is 0 Å². The first-order valence-electron chi connectivity index (χ1n) is 11.3. The lowest BCUT2D eigenvalue weighted by molar-refractivity contribution is -0.136. The van der Waals surface area contributed by atoms with E-state index in [1.54, 1.807) is 4.90 Å². The summed E-state index contributed by atoms with van der Waals surface area (Å²) in [6, 6.07) is 5.62. The molecule has 3 N–H and O–H groups in total. The average molecular weight is 427 g/mol. The van der Waals surface area contributed by atoms with E-state index in [0.29, 0.717) is 31.1 Å². The van der Waals surface area contributed by atoms with Gasteiger partial charge in [-0.1, -0.05) is 12.1 Å². The van der Waals surface area contributed by atoms with E-state index in [9.17, 15) is 14.4 Å². The molecule has 1 spiro atoms. The van der Waals surface area contributed by atoms with Gasteiger partial charge in [0, 0.05) is 50.9 Å². The Hall–Kier alpha value is -2.29. The summed E-state index contributed by atoms with van der Waals surface area (Å²) in [6.45, 7) is 4.75. The maximum atomic E-state index is 13.0. The third-order valence-electron chi connectivity index (χ3n) is 7.59. The Labute approximate surface area is 182 Å². The molecule has 0 aliphatic carbocycles. The van der Waals surface area contributed by atoms with Crippen LogP contribution in [0.2, 0.25) is 0 Å². The zero-order valence-corrected chi connectivity index (χ0v) is 17.7. The Bertz CT molecular complexity index is 887. The molecule has 3 saturated heterocycles. The number of ether oxygens (including phenoxy) is 1. The standard InChI is InChI=1S/C23H30N4O4/c28-20-5-4-18(21(29)26-20)27-14-17-15(2-1-3-16(17)22(27)30)12-25-19-13-24-9-6-23(19)7-10-31-11-8-23/h1-3,18-19,24-25H,4-14H2,(H,26,28,29). The maximum Gasteiger partial charge on any atom is 0.255 e. The highest BCUT2D eigenvalue weighted by Crippen LogP contribution is 2.39. The molecule has 1 aromatic carbocycles. The number of piperidine rings is 2. The van der Waals surface area contributed by atoms with Gasteiger partial charge in [-0.05, 0) is 54.8 Å². The molecular weight excluding hydrogens is 396 g/mol. The third kappa shape index (κ3) is 3.77. The molecule has 4 heterocycles. The van der Waals surface area contributed by atoms with Crippen molar-refractivity contribution in [3.8, 4) is 0 Å². The predicted octanol–water partition coefficient (Wildman–Crippen LogP) is 0.696. The second-order valence-corrected chi connectivity index (χ2v) is 9.21. The molecular formula is C23H30N4O4. The van der Waals surface area contributed by atoms with Crippen molar-refractivity contribution in [1.82, 2.24) is 20.9 Å². The summed E-state index contributed by atoms with van der Waals surface area (Å²) in [7, 11) is 0. The van der Waals surface area contributed by atoms with E-state index in [1.807, 2.05) is 12.1 Å². The first kappa shape index (κ1) is 20.6. The molecule has 8 heteroatoms. The molecule has 5 rings (SSSR count). The van der Waals surface area contributed by atoms with Gasteiger partial charge in [0.25, 0.3) is 5.91 Å². The van der Waals surface area contributed by atoms with Crippen LogP contribution in [-0.2, 0) is 27.4 Å². The van der Waals surface area contributed by atoms with Crippen LogP contribution < -0.4 is 16.0 Å². The molecule has 0 aromatic heterocycles. The Kier molecular flexibility index (Phi) is 5.54. The van der Waals surface area contributed by atoms with Crippen molar-refractivity contribution in [3.63, 3.8) is 0 Å². The van der Waals surface area contributed by atoms with Crippen molar-refractivity contribution in [3.05, 3.63) is 34.9 Å². The van der Waals surface area contributed by atoms with Gasteiger partial charge in [-0.3, -0.25) is 19.7 Å². The van der Waals surface area contributed by atoms with Crippen LogP contribution in [0.15, 0.2) is 18.2 Å². The molecule has 1 aromatic rings. The summed E-state index contributed by atoms with van der Waals surface area (Å²) in [5.74, 6) is -0.753. The number of hydrogen-bond donors (Lipinski definition) is 3. The average Bonchev–Trinajstić information content (AvgIpc) is 3.11. The van der Waals surface area contributed by atoms with Crippen molar-refractivity contribution >= 4 is 17.7 Å². The minimum atomic E-state index is -0.577. The highest BCUT2D eigenvalue weighted by Gasteiger charge is 2.42. The number of fused-ring (bicyclic) bond motifs is 1. The minimum Gasteiger partial charge on any atom is -0.381 e. The van der Waals surface area contributed by atoms with Gasteiger partial charge < -0.3 is 20.3 Å². The molecule has 4 aliphatic rings. The van der Waals surface area contributed by atoms with Gasteiger partial charge in [-0.2, -0.15) is 0 Å². The summed E-state index contributed by atoms with van der Waals surface area (Å²) < 4.78 is 5.62. The molecule has 0 radical (unpaired) electrons. The fraction of sp³-hybridized carbons (Fsp3) is 0.609. The van der Waals surface area contributed by atoms with Gasteiger partial charge in [0.15, 0.2) is 0 Å². The van der Waals surface area contributed by atoms with E-state index in [4.69, 9.17) is 4.74 Å². The summed E-state index contributed by atoms with van der Waals surface area (Å²) in [4.78, 5) is 38.5. The van der Waals surface area contributed by atoms with Crippen LogP contribution in [0.25, 0.3) is 0 Å². The topological polar surface area (TPSA) is 99.8 Å². The maximum absolute atomic E-state index is 13.0. The van der Waals surface area contributed by atoms with Gasteiger partial charge in [0.05, 0.1) is 0 Å². The van der Waals surface area contributed by atoms with Gasteiger partial charge in [0.1, 0.15) is 6.04 Å². The van der Waals surface area contributed by atoms with E-state index in [2.05, 4.69) is 22.0 Å². The lowest BCUT2D eigenvalue weighted by Crippen LogP contribution is -2.57. The van der Waals surface area contributed by atoms with E-state index in [0.717, 1.165) is 56.7 Å². The van der Waals surface area contributed by atoms with Crippen LogP contribution in [-0.4, -0.2) is 61.0 Å². The summed E-state index contributed by atoms with van der Waals surface area (Å²) in [6.07, 6.45) is 3.98. The highest BCUT2D eigenvalue weighted by atomic mass is 16.5. The van der Waals surface area contributed by atoms with Gasteiger partial charge >= 0.3 is 0 Å². The van der Waals surface area contributed by atoms with E-state index >= 15 is 0 Å². The second kappa shape index (κ2) is 8.33. The summed E-state index contributed by atoms with van der Waals surface area (Å²) in [5.41, 5.74) is 3.05.